The van der Waals surface area contributed by atoms with Gasteiger partial charge in [0.25, 0.3) is 0 Å². The second-order valence-corrected chi connectivity index (χ2v) is 8.90. The van der Waals surface area contributed by atoms with Crippen LogP contribution in [0.4, 0.5) is 5.69 Å². The largest absolute Gasteiger partial charge is 0.496 e. The first-order valence-electron chi connectivity index (χ1n) is 10.6. The van der Waals surface area contributed by atoms with Crippen molar-refractivity contribution in [1.82, 2.24) is 14.9 Å². The van der Waals surface area contributed by atoms with Gasteiger partial charge in [-0.25, -0.2) is 9.97 Å². The van der Waals surface area contributed by atoms with E-state index in [-0.39, 0.29) is 0 Å². The van der Waals surface area contributed by atoms with Gasteiger partial charge in [-0.1, -0.05) is 18.2 Å². The SMILES string of the molecule is COc1ccccc1C1CCN([C@@H]2CCC3(C2)CN(c2cncnc2)C3)CC1. The van der Waals surface area contributed by atoms with Crippen LogP contribution in [0.15, 0.2) is 43.0 Å². The van der Waals surface area contributed by atoms with Gasteiger partial charge in [0.15, 0.2) is 0 Å². The van der Waals surface area contributed by atoms with Crippen molar-refractivity contribution in [2.75, 3.05) is 38.2 Å². The van der Waals surface area contributed by atoms with Gasteiger partial charge in [0, 0.05) is 24.5 Å². The van der Waals surface area contributed by atoms with Crippen molar-refractivity contribution < 1.29 is 4.74 Å². The number of likely N-dealkylation sites (tertiary alicyclic amines) is 1. The van der Waals surface area contributed by atoms with Crippen LogP contribution in [-0.2, 0) is 0 Å². The van der Waals surface area contributed by atoms with Gasteiger partial charge in [-0.2, -0.15) is 0 Å². The predicted octanol–water partition coefficient (Wildman–Crippen LogP) is 3.72. The number of aromatic nitrogens is 2. The van der Waals surface area contributed by atoms with Crippen molar-refractivity contribution in [3.63, 3.8) is 0 Å². The molecule has 2 saturated heterocycles. The Balaban J connectivity index is 1.15. The minimum absolute atomic E-state index is 0.528. The number of ether oxygens (including phenoxy) is 1. The van der Waals surface area contributed by atoms with E-state index in [1.807, 2.05) is 12.4 Å². The zero-order valence-corrected chi connectivity index (χ0v) is 16.8. The lowest BCUT2D eigenvalue weighted by molar-refractivity contribution is 0.131. The molecule has 148 valence electrons. The van der Waals surface area contributed by atoms with Crippen molar-refractivity contribution in [3.05, 3.63) is 48.5 Å². The zero-order valence-electron chi connectivity index (χ0n) is 16.8. The van der Waals surface area contributed by atoms with Crippen LogP contribution in [0.1, 0.15) is 43.6 Å². The number of methoxy groups -OCH3 is 1. The molecule has 5 heteroatoms. The molecule has 0 N–H and O–H groups in total. The molecule has 3 heterocycles. The summed E-state index contributed by atoms with van der Waals surface area (Å²) >= 11 is 0. The van der Waals surface area contributed by atoms with Crippen LogP contribution in [0.25, 0.3) is 0 Å². The van der Waals surface area contributed by atoms with Crippen molar-refractivity contribution >= 4 is 5.69 Å². The Morgan fingerprint density at radius 2 is 1.79 bits per heavy atom. The Labute approximate surface area is 167 Å². The molecule has 1 aromatic carbocycles. The highest BCUT2D eigenvalue weighted by Gasteiger charge is 2.49. The van der Waals surface area contributed by atoms with E-state index in [1.165, 1.54) is 69.5 Å². The number of benzene rings is 1. The maximum Gasteiger partial charge on any atom is 0.122 e. The molecule has 2 aromatic rings. The standard InChI is InChI=1S/C23H30N4O/c1-28-22-5-3-2-4-21(22)18-7-10-26(11-8-18)19-6-9-23(12-19)15-27(16-23)20-13-24-17-25-14-20/h2-5,13-14,17-19H,6-12,15-16H2,1H3/t19-/m1/s1. The fraction of sp³-hybridized carbons (Fsp3) is 0.565. The average molecular weight is 379 g/mol. The number of hydrogen-bond donors (Lipinski definition) is 0. The van der Waals surface area contributed by atoms with E-state index in [2.05, 4.69) is 44.0 Å². The van der Waals surface area contributed by atoms with Crippen LogP contribution < -0.4 is 9.64 Å². The molecule has 2 aliphatic heterocycles. The predicted molar refractivity (Wildman–Crippen MR) is 111 cm³/mol. The van der Waals surface area contributed by atoms with Crippen LogP contribution in [0.2, 0.25) is 0 Å². The lowest BCUT2D eigenvalue weighted by atomic mass is 9.77. The van der Waals surface area contributed by atoms with Crippen molar-refractivity contribution in [2.45, 2.75) is 44.1 Å². The third kappa shape index (κ3) is 3.26. The molecule has 1 saturated carbocycles. The normalized spacial score (nSPS) is 25.0. The van der Waals surface area contributed by atoms with Crippen LogP contribution in [0.3, 0.4) is 0 Å². The molecule has 5 nitrogen and oxygen atoms in total. The van der Waals surface area contributed by atoms with E-state index in [0.717, 1.165) is 11.8 Å². The van der Waals surface area contributed by atoms with E-state index in [1.54, 1.807) is 13.4 Å². The summed E-state index contributed by atoms with van der Waals surface area (Å²) in [5.41, 5.74) is 3.10. The highest BCUT2D eigenvalue weighted by atomic mass is 16.5. The Bertz CT molecular complexity index is 797. The van der Waals surface area contributed by atoms with E-state index >= 15 is 0 Å². The van der Waals surface area contributed by atoms with Gasteiger partial charge in [-0.3, -0.25) is 0 Å². The van der Waals surface area contributed by atoms with Gasteiger partial charge in [-0.15, -0.1) is 0 Å². The van der Waals surface area contributed by atoms with Gasteiger partial charge < -0.3 is 14.5 Å². The summed E-state index contributed by atoms with van der Waals surface area (Å²) in [6, 6.07) is 9.33. The molecular formula is C23H30N4O. The molecule has 1 aliphatic carbocycles. The minimum Gasteiger partial charge on any atom is -0.496 e. The molecule has 3 fully saturated rings. The molecule has 0 unspecified atom stereocenters. The first-order chi connectivity index (χ1) is 13.8. The third-order valence-corrected chi connectivity index (χ3v) is 7.27. The summed E-state index contributed by atoms with van der Waals surface area (Å²) in [6.45, 7) is 4.79. The second-order valence-electron chi connectivity index (χ2n) is 8.90. The summed E-state index contributed by atoms with van der Waals surface area (Å²) in [6.07, 6.45) is 12.1. The smallest absolute Gasteiger partial charge is 0.122 e. The lowest BCUT2D eigenvalue weighted by Gasteiger charge is -2.50. The monoisotopic (exact) mass is 378 g/mol. The topological polar surface area (TPSA) is 41.5 Å². The first kappa shape index (κ1) is 17.9. The average Bonchev–Trinajstić information content (AvgIpc) is 3.19. The van der Waals surface area contributed by atoms with Gasteiger partial charge in [0.05, 0.1) is 25.2 Å². The number of nitrogens with zero attached hydrogens (tertiary/aromatic N) is 4. The molecule has 0 amide bonds. The number of para-hydroxylation sites is 1. The maximum atomic E-state index is 5.59. The van der Waals surface area contributed by atoms with Crippen LogP contribution >= 0.6 is 0 Å². The molecule has 1 aromatic heterocycles. The second kappa shape index (κ2) is 7.36. The fourth-order valence-corrected chi connectivity index (χ4v) is 5.76. The Morgan fingerprint density at radius 3 is 2.54 bits per heavy atom. The first-order valence-corrected chi connectivity index (χ1v) is 10.6. The number of piperidine rings is 1. The molecule has 0 radical (unpaired) electrons. The van der Waals surface area contributed by atoms with Crippen LogP contribution in [0, 0.1) is 5.41 Å². The number of hydrogen-bond acceptors (Lipinski definition) is 5. The summed E-state index contributed by atoms with van der Waals surface area (Å²) in [4.78, 5) is 13.5. The van der Waals surface area contributed by atoms with Gasteiger partial charge in [-0.05, 0) is 62.7 Å². The quantitative estimate of drug-likeness (QED) is 0.811. The zero-order chi connectivity index (χ0) is 19.0. The highest BCUT2D eigenvalue weighted by molar-refractivity contribution is 5.46. The van der Waals surface area contributed by atoms with Crippen LogP contribution in [-0.4, -0.2) is 54.2 Å². The summed E-state index contributed by atoms with van der Waals surface area (Å²) in [5.74, 6) is 1.69. The summed E-state index contributed by atoms with van der Waals surface area (Å²) < 4.78 is 5.59. The molecule has 5 rings (SSSR count). The Morgan fingerprint density at radius 1 is 1.04 bits per heavy atom. The number of rotatable bonds is 4. The number of anilines is 1. The summed E-state index contributed by atoms with van der Waals surface area (Å²) in [5, 5.41) is 0. The van der Waals surface area contributed by atoms with Gasteiger partial charge in [0.1, 0.15) is 12.1 Å². The fourth-order valence-electron chi connectivity index (χ4n) is 5.76. The van der Waals surface area contributed by atoms with E-state index in [0.29, 0.717) is 11.3 Å². The van der Waals surface area contributed by atoms with Crippen molar-refractivity contribution in [2.24, 2.45) is 5.41 Å². The van der Waals surface area contributed by atoms with Gasteiger partial charge in [0.2, 0.25) is 0 Å². The molecule has 3 aliphatic rings. The Kier molecular flexibility index (Phi) is 4.71. The molecular weight excluding hydrogens is 348 g/mol. The van der Waals surface area contributed by atoms with E-state index in [9.17, 15) is 0 Å². The van der Waals surface area contributed by atoms with E-state index < -0.39 is 0 Å². The summed E-state index contributed by atoms with van der Waals surface area (Å²) in [7, 11) is 1.79. The Hall–Kier alpha value is -2.14. The molecule has 0 bridgehead atoms. The molecule has 28 heavy (non-hydrogen) atoms. The molecule has 1 spiro atoms. The molecule has 1 atom stereocenters. The van der Waals surface area contributed by atoms with Crippen molar-refractivity contribution in [3.8, 4) is 5.75 Å². The van der Waals surface area contributed by atoms with E-state index in [4.69, 9.17) is 4.74 Å². The van der Waals surface area contributed by atoms with Gasteiger partial charge >= 0.3 is 0 Å². The maximum absolute atomic E-state index is 5.59. The third-order valence-electron chi connectivity index (χ3n) is 7.27. The van der Waals surface area contributed by atoms with Crippen molar-refractivity contribution in [1.29, 1.82) is 0 Å². The van der Waals surface area contributed by atoms with Crippen LogP contribution in [0.5, 0.6) is 5.75 Å². The minimum atomic E-state index is 0.528. The lowest BCUT2D eigenvalue weighted by Crippen LogP contribution is -2.56. The highest BCUT2D eigenvalue weighted by Crippen LogP contribution is 2.49.